The van der Waals surface area contributed by atoms with E-state index in [0.717, 1.165) is 39.9 Å². The van der Waals surface area contributed by atoms with Gasteiger partial charge in [-0.15, -0.1) is 0 Å². The fraction of sp³-hybridized carbons (Fsp3) is 0.130. The molecule has 1 unspecified atom stereocenters. The van der Waals surface area contributed by atoms with E-state index >= 15 is 0 Å². The van der Waals surface area contributed by atoms with Gasteiger partial charge in [-0.3, -0.25) is 0 Å². The van der Waals surface area contributed by atoms with Gasteiger partial charge < -0.3 is 9.72 Å². The Morgan fingerprint density at radius 3 is 2.54 bits per heavy atom. The maximum atomic E-state index is 13.7. The predicted octanol–water partition coefficient (Wildman–Crippen LogP) is 6.64. The fourth-order valence-corrected chi connectivity index (χ4v) is 3.46. The van der Waals surface area contributed by atoms with E-state index in [1.165, 1.54) is 6.07 Å². The van der Waals surface area contributed by atoms with Gasteiger partial charge in [-0.2, -0.15) is 0 Å². The summed E-state index contributed by atoms with van der Waals surface area (Å²) in [5.74, 6) is 1.57. The minimum Gasteiger partial charge on any atom is -0.457 e. The van der Waals surface area contributed by atoms with Crippen molar-refractivity contribution in [3.8, 4) is 11.5 Å². The highest BCUT2D eigenvalue weighted by atomic mass is 19.1. The number of hydrogen-bond donors (Lipinski definition) is 1. The largest absolute Gasteiger partial charge is 0.457 e. The number of aromatic nitrogens is 1. The molecular formula is C23H20FNO. The van der Waals surface area contributed by atoms with Crippen molar-refractivity contribution in [3.05, 3.63) is 95.9 Å². The highest BCUT2D eigenvalue weighted by Gasteiger charge is 2.17. The zero-order chi connectivity index (χ0) is 17.9. The number of aromatic amines is 1. The van der Waals surface area contributed by atoms with Crippen LogP contribution in [-0.2, 0) is 0 Å². The van der Waals surface area contributed by atoms with Crippen LogP contribution in [0.25, 0.3) is 10.9 Å². The summed E-state index contributed by atoms with van der Waals surface area (Å²) in [6.45, 7) is 2.15. The van der Waals surface area contributed by atoms with Crippen LogP contribution in [0.2, 0.25) is 0 Å². The van der Waals surface area contributed by atoms with E-state index in [-0.39, 0.29) is 11.7 Å². The van der Waals surface area contributed by atoms with Gasteiger partial charge in [0.15, 0.2) is 0 Å². The van der Waals surface area contributed by atoms with Gasteiger partial charge in [0.1, 0.15) is 17.3 Å². The number of benzene rings is 3. The Balaban J connectivity index is 1.70. The average Bonchev–Trinajstić information content (AvgIpc) is 3.07. The molecule has 1 N–H and O–H groups in total. The van der Waals surface area contributed by atoms with Crippen LogP contribution in [0.15, 0.2) is 79.0 Å². The molecule has 0 aliphatic heterocycles. The van der Waals surface area contributed by atoms with Crippen LogP contribution in [0.3, 0.4) is 0 Å². The zero-order valence-corrected chi connectivity index (χ0v) is 14.6. The third-order valence-electron chi connectivity index (χ3n) is 4.70. The van der Waals surface area contributed by atoms with E-state index in [4.69, 9.17) is 4.74 Å². The van der Waals surface area contributed by atoms with Gasteiger partial charge in [0.25, 0.3) is 0 Å². The van der Waals surface area contributed by atoms with Gasteiger partial charge in [-0.1, -0.05) is 37.3 Å². The molecule has 0 aliphatic carbocycles. The third-order valence-corrected chi connectivity index (χ3v) is 4.70. The second-order valence-electron chi connectivity index (χ2n) is 6.38. The first-order valence-corrected chi connectivity index (χ1v) is 8.84. The Kier molecular flexibility index (Phi) is 4.44. The molecular weight excluding hydrogens is 325 g/mol. The number of H-pyrrole nitrogens is 1. The van der Waals surface area contributed by atoms with E-state index in [9.17, 15) is 4.39 Å². The molecule has 4 aromatic rings. The molecule has 1 aromatic heterocycles. The highest BCUT2D eigenvalue weighted by molar-refractivity contribution is 5.84. The summed E-state index contributed by atoms with van der Waals surface area (Å²) in [5, 5.41) is 0.936. The number of nitrogens with one attached hydrogen (secondary N) is 1. The zero-order valence-electron chi connectivity index (χ0n) is 14.6. The maximum Gasteiger partial charge on any atom is 0.127 e. The quantitative estimate of drug-likeness (QED) is 0.431. The van der Waals surface area contributed by atoms with Gasteiger partial charge in [-0.25, -0.2) is 4.39 Å². The molecule has 0 aliphatic rings. The molecule has 0 amide bonds. The number of hydrogen-bond acceptors (Lipinski definition) is 1. The molecule has 3 heteroatoms. The van der Waals surface area contributed by atoms with E-state index in [2.05, 4.69) is 24.0 Å². The second-order valence-corrected chi connectivity index (χ2v) is 6.38. The van der Waals surface area contributed by atoms with E-state index in [0.29, 0.717) is 0 Å². The van der Waals surface area contributed by atoms with Crippen LogP contribution < -0.4 is 4.74 Å². The van der Waals surface area contributed by atoms with Crippen molar-refractivity contribution in [1.82, 2.24) is 4.98 Å². The lowest BCUT2D eigenvalue weighted by Crippen LogP contribution is -1.99. The summed E-state index contributed by atoms with van der Waals surface area (Å²) in [6.07, 6.45) is 2.90. The molecule has 0 saturated carbocycles. The van der Waals surface area contributed by atoms with Gasteiger partial charge in [-0.05, 0) is 60.0 Å². The average molecular weight is 345 g/mol. The minimum absolute atomic E-state index is 0.171. The van der Waals surface area contributed by atoms with Crippen LogP contribution >= 0.6 is 0 Å². The monoisotopic (exact) mass is 345 g/mol. The van der Waals surface area contributed by atoms with Crippen molar-refractivity contribution in [3.63, 3.8) is 0 Å². The molecule has 130 valence electrons. The number of rotatable bonds is 5. The topological polar surface area (TPSA) is 25.0 Å². The molecule has 0 radical (unpaired) electrons. The molecule has 3 aromatic carbocycles. The maximum absolute atomic E-state index is 13.7. The number of fused-ring (bicyclic) bond motifs is 1. The van der Waals surface area contributed by atoms with Crippen molar-refractivity contribution in [1.29, 1.82) is 0 Å². The fourth-order valence-electron chi connectivity index (χ4n) is 3.46. The van der Waals surface area contributed by atoms with Gasteiger partial charge in [0.2, 0.25) is 0 Å². The normalized spacial score (nSPS) is 12.2. The van der Waals surface area contributed by atoms with Crippen molar-refractivity contribution in [2.45, 2.75) is 19.3 Å². The van der Waals surface area contributed by atoms with Crippen molar-refractivity contribution in [2.24, 2.45) is 0 Å². The minimum atomic E-state index is -0.214. The molecule has 26 heavy (non-hydrogen) atoms. The lowest BCUT2D eigenvalue weighted by molar-refractivity contribution is 0.481. The predicted molar refractivity (Wildman–Crippen MR) is 103 cm³/mol. The summed E-state index contributed by atoms with van der Waals surface area (Å²) < 4.78 is 19.7. The van der Waals surface area contributed by atoms with Gasteiger partial charge in [0, 0.05) is 23.0 Å². The van der Waals surface area contributed by atoms with Crippen LogP contribution in [0.4, 0.5) is 4.39 Å². The first kappa shape index (κ1) is 16.4. The molecule has 0 bridgehead atoms. The third kappa shape index (κ3) is 3.21. The van der Waals surface area contributed by atoms with E-state index < -0.39 is 0 Å². The second kappa shape index (κ2) is 7.04. The van der Waals surface area contributed by atoms with Crippen molar-refractivity contribution in [2.75, 3.05) is 0 Å². The summed E-state index contributed by atoms with van der Waals surface area (Å²) in [6, 6.07) is 22.8. The number of para-hydroxylation sites is 1. The molecule has 0 spiro atoms. The highest BCUT2D eigenvalue weighted by Crippen LogP contribution is 2.35. The Morgan fingerprint density at radius 1 is 0.923 bits per heavy atom. The van der Waals surface area contributed by atoms with Crippen LogP contribution in [0.1, 0.15) is 30.4 Å². The summed E-state index contributed by atoms with van der Waals surface area (Å²) in [4.78, 5) is 3.26. The number of ether oxygens (including phenoxy) is 1. The standard InChI is InChI=1S/C23H20FNO/c1-2-20(22-15-25-23-12-11-17(24)14-21(22)23)16-7-6-10-19(13-16)26-18-8-4-3-5-9-18/h3-15,20,25H,2H2,1H3. The lowest BCUT2D eigenvalue weighted by Gasteiger charge is -2.16. The lowest BCUT2D eigenvalue weighted by atomic mass is 9.89. The number of halogens is 1. The molecule has 1 heterocycles. The summed E-state index contributed by atoms with van der Waals surface area (Å²) in [7, 11) is 0. The first-order valence-electron chi connectivity index (χ1n) is 8.84. The van der Waals surface area contributed by atoms with E-state index in [1.54, 1.807) is 12.1 Å². The smallest absolute Gasteiger partial charge is 0.127 e. The van der Waals surface area contributed by atoms with E-state index in [1.807, 2.05) is 48.7 Å². The Bertz CT molecular complexity index is 1020. The van der Waals surface area contributed by atoms with Gasteiger partial charge in [0.05, 0.1) is 0 Å². The SMILES string of the molecule is CCC(c1cccc(Oc2ccccc2)c1)c1c[nH]c2ccc(F)cc12. The Morgan fingerprint density at radius 2 is 1.73 bits per heavy atom. The molecule has 0 fully saturated rings. The van der Waals surface area contributed by atoms with Crippen molar-refractivity contribution < 1.29 is 9.13 Å². The molecule has 2 nitrogen and oxygen atoms in total. The Labute approximate surface area is 152 Å². The van der Waals surface area contributed by atoms with Crippen molar-refractivity contribution >= 4 is 10.9 Å². The summed E-state index contributed by atoms with van der Waals surface area (Å²) >= 11 is 0. The van der Waals surface area contributed by atoms with Gasteiger partial charge >= 0.3 is 0 Å². The van der Waals surface area contributed by atoms with Crippen LogP contribution in [0, 0.1) is 5.82 Å². The molecule has 1 atom stereocenters. The molecule has 0 saturated heterocycles. The van der Waals surface area contributed by atoms with Crippen LogP contribution in [0.5, 0.6) is 11.5 Å². The molecule has 4 rings (SSSR count). The summed E-state index contributed by atoms with van der Waals surface area (Å²) in [5.41, 5.74) is 3.22. The van der Waals surface area contributed by atoms with Crippen LogP contribution in [-0.4, -0.2) is 4.98 Å². The Hall–Kier alpha value is -3.07. The first-order chi connectivity index (χ1) is 12.7.